The highest BCUT2D eigenvalue weighted by Crippen LogP contribution is 2.23. The summed E-state index contributed by atoms with van der Waals surface area (Å²) < 4.78 is 33.0. The van der Waals surface area contributed by atoms with Crippen molar-refractivity contribution >= 4 is 10.0 Å². The van der Waals surface area contributed by atoms with Gasteiger partial charge in [0, 0.05) is 30.9 Å². The average Bonchev–Trinajstić information content (AvgIpc) is 3.11. The molecule has 0 aliphatic carbocycles. The normalized spacial score (nSPS) is 12.3. The Morgan fingerprint density at radius 2 is 1.67 bits per heavy atom. The van der Waals surface area contributed by atoms with E-state index in [-0.39, 0.29) is 16.9 Å². The molecular formula is C19H22N4O3S. The monoisotopic (exact) mass is 386 g/mol. The largest absolute Gasteiger partial charge is 0.421 e. The van der Waals surface area contributed by atoms with Crippen LogP contribution < -0.4 is 4.72 Å². The highest BCUT2D eigenvalue weighted by molar-refractivity contribution is 7.89. The molecule has 2 heterocycles. The van der Waals surface area contributed by atoms with Crippen LogP contribution in [0.15, 0.2) is 58.1 Å². The summed E-state index contributed by atoms with van der Waals surface area (Å²) in [5, 5.41) is 7.92. The quantitative estimate of drug-likeness (QED) is 0.699. The Morgan fingerprint density at radius 3 is 2.30 bits per heavy atom. The van der Waals surface area contributed by atoms with E-state index in [0.29, 0.717) is 18.2 Å². The van der Waals surface area contributed by atoms with Crippen LogP contribution in [-0.2, 0) is 21.9 Å². The van der Waals surface area contributed by atoms with Gasteiger partial charge < -0.3 is 4.42 Å². The predicted octanol–water partition coefficient (Wildman–Crippen LogP) is 2.95. The van der Waals surface area contributed by atoms with Crippen molar-refractivity contribution in [2.24, 2.45) is 0 Å². The van der Waals surface area contributed by atoms with Gasteiger partial charge in [-0.3, -0.25) is 4.98 Å². The third-order valence-electron chi connectivity index (χ3n) is 4.06. The summed E-state index contributed by atoms with van der Waals surface area (Å²) in [6.45, 7) is 6.42. The third-order valence-corrected chi connectivity index (χ3v) is 5.53. The molecule has 0 saturated heterocycles. The van der Waals surface area contributed by atoms with Crippen LogP contribution in [0.1, 0.15) is 32.2 Å². The summed E-state index contributed by atoms with van der Waals surface area (Å²) in [5.74, 6) is 0.751. The summed E-state index contributed by atoms with van der Waals surface area (Å²) in [5.41, 5.74) is 1.82. The third kappa shape index (κ3) is 4.78. The predicted molar refractivity (Wildman–Crippen MR) is 102 cm³/mol. The first kappa shape index (κ1) is 19.2. The van der Waals surface area contributed by atoms with Gasteiger partial charge in [-0.15, -0.1) is 10.2 Å². The van der Waals surface area contributed by atoms with Crippen molar-refractivity contribution in [3.05, 3.63) is 60.2 Å². The van der Waals surface area contributed by atoms with Gasteiger partial charge in [-0.2, -0.15) is 0 Å². The molecule has 0 unspecified atom stereocenters. The SMILES string of the molecule is CC(C)(C)c1ccc(S(=O)(=O)NCCc2nnc(-c3ccncc3)o2)cc1. The van der Waals surface area contributed by atoms with E-state index in [0.717, 1.165) is 11.1 Å². The summed E-state index contributed by atoms with van der Waals surface area (Å²) >= 11 is 0. The first-order valence-corrected chi connectivity index (χ1v) is 10.1. The van der Waals surface area contributed by atoms with E-state index in [9.17, 15) is 8.42 Å². The van der Waals surface area contributed by atoms with Gasteiger partial charge in [0.1, 0.15) is 0 Å². The van der Waals surface area contributed by atoms with E-state index in [1.165, 1.54) is 0 Å². The number of rotatable bonds is 6. The van der Waals surface area contributed by atoms with Gasteiger partial charge in [0.2, 0.25) is 21.8 Å². The zero-order valence-corrected chi connectivity index (χ0v) is 16.3. The van der Waals surface area contributed by atoms with Crippen molar-refractivity contribution in [2.45, 2.75) is 37.5 Å². The highest BCUT2D eigenvalue weighted by Gasteiger charge is 2.18. The van der Waals surface area contributed by atoms with E-state index < -0.39 is 10.0 Å². The van der Waals surface area contributed by atoms with Gasteiger partial charge in [-0.25, -0.2) is 13.1 Å². The maximum Gasteiger partial charge on any atom is 0.247 e. The van der Waals surface area contributed by atoms with Crippen LogP contribution in [-0.4, -0.2) is 30.1 Å². The van der Waals surface area contributed by atoms with E-state index in [4.69, 9.17) is 4.42 Å². The lowest BCUT2D eigenvalue weighted by atomic mass is 9.87. The Hall–Kier alpha value is -2.58. The fourth-order valence-corrected chi connectivity index (χ4v) is 3.51. The fourth-order valence-electron chi connectivity index (χ4n) is 2.48. The first-order chi connectivity index (χ1) is 12.8. The Kier molecular flexibility index (Phi) is 5.38. The molecule has 8 heteroatoms. The zero-order valence-electron chi connectivity index (χ0n) is 15.5. The van der Waals surface area contributed by atoms with Crippen LogP contribution in [0.25, 0.3) is 11.5 Å². The molecule has 3 aromatic rings. The molecule has 1 aromatic carbocycles. The second-order valence-corrected chi connectivity index (χ2v) is 8.93. The van der Waals surface area contributed by atoms with Crippen LogP contribution in [0.4, 0.5) is 0 Å². The van der Waals surface area contributed by atoms with Crippen molar-refractivity contribution < 1.29 is 12.8 Å². The van der Waals surface area contributed by atoms with Gasteiger partial charge in [-0.1, -0.05) is 32.9 Å². The molecule has 0 spiro atoms. The standard InChI is InChI=1S/C19H22N4O3S/c1-19(2,3)15-4-6-16(7-5-15)27(24,25)21-13-10-17-22-23-18(26-17)14-8-11-20-12-9-14/h4-9,11-12,21H,10,13H2,1-3H3. The van der Waals surface area contributed by atoms with E-state index in [1.807, 2.05) is 12.1 Å². The second-order valence-electron chi connectivity index (χ2n) is 7.16. The molecule has 0 amide bonds. The van der Waals surface area contributed by atoms with E-state index in [1.54, 1.807) is 36.7 Å². The minimum absolute atomic E-state index is 0.0276. The zero-order chi connectivity index (χ0) is 19.5. The molecule has 0 atom stereocenters. The summed E-state index contributed by atoms with van der Waals surface area (Å²) in [6, 6.07) is 10.5. The van der Waals surface area contributed by atoms with Crippen molar-refractivity contribution in [3.63, 3.8) is 0 Å². The van der Waals surface area contributed by atoms with Gasteiger partial charge in [-0.05, 0) is 35.2 Å². The Bertz CT molecular complexity index is 991. The van der Waals surface area contributed by atoms with Crippen LogP contribution in [0.5, 0.6) is 0 Å². The van der Waals surface area contributed by atoms with Gasteiger partial charge in [0.25, 0.3) is 0 Å². The van der Waals surface area contributed by atoms with Crippen LogP contribution in [0.2, 0.25) is 0 Å². The Labute approximate surface area is 158 Å². The van der Waals surface area contributed by atoms with Crippen molar-refractivity contribution in [3.8, 4) is 11.5 Å². The highest BCUT2D eigenvalue weighted by atomic mass is 32.2. The lowest BCUT2D eigenvalue weighted by Gasteiger charge is -2.19. The number of nitrogens with zero attached hydrogens (tertiary/aromatic N) is 3. The lowest BCUT2D eigenvalue weighted by Crippen LogP contribution is -2.26. The average molecular weight is 386 g/mol. The summed E-state index contributed by atoms with van der Waals surface area (Å²) in [6.07, 6.45) is 3.58. The molecule has 0 fully saturated rings. The summed E-state index contributed by atoms with van der Waals surface area (Å²) in [7, 11) is -3.59. The minimum atomic E-state index is -3.59. The molecule has 3 rings (SSSR count). The number of aromatic nitrogens is 3. The molecule has 0 saturated carbocycles. The molecule has 2 aromatic heterocycles. The molecule has 27 heavy (non-hydrogen) atoms. The van der Waals surface area contributed by atoms with Gasteiger partial charge in [0.15, 0.2) is 0 Å². The summed E-state index contributed by atoms with van der Waals surface area (Å²) in [4.78, 5) is 4.17. The van der Waals surface area contributed by atoms with Crippen molar-refractivity contribution in [2.75, 3.05) is 6.54 Å². The lowest BCUT2D eigenvalue weighted by molar-refractivity contribution is 0.502. The van der Waals surface area contributed by atoms with Crippen LogP contribution >= 0.6 is 0 Å². The number of nitrogens with one attached hydrogen (secondary N) is 1. The van der Waals surface area contributed by atoms with Crippen molar-refractivity contribution in [1.82, 2.24) is 19.9 Å². The van der Waals surface area contributed by atoms with Crippen LogP contribution in [0, 0.1) is 0 Å². The van der Waals surface area contributed by atoms with Gasteiger partial charge in [0.05, 0.1) is 4.90 Å². The molecule has 0 radical (unpaired) electrons. The number of benzene rings is 1. The number of hydrogen-bond acceptors (Lipinski definition) is 6. The van der Waals surface area contributed by atoms with E-state index >= 15 is 0 Å². The van der Waals surface area contributed by atoms with Gasteiger partial charge >= 0.3 is 0 Å². The number of sulfonamides is 1. The van der Waals surface area contributed by atoms with E-state index in [2.05, 4.69) is 40.7 Å². The molecule has 0 aliphatic rings. The smallest absolute Gasteiger partial charge is 0.247 e. The maximum absolute atomic E-state index is 12.4. The molecular weight excluding hydrogens is 364 g/mol. The van der Waals surface area contributed by atoms with Crippen LogP contribution in [0.3, 0.4) is 0 Å². The number of hydrogen-bond donors (Lipinski definition) is 1. The Morgan fingerprint density at radius 1 is 1.00 bits per heavy atom. The molecule has 0 bridgehead atoms. The second kappa shape index (κ2) is 7.58. The maximum atomic E-state index is 12.4. The molecule has 142 valence electrons. The number of pyridine rings is 1. The topological polar surface area (TPSA) is 98.0 Å². The molecule has 7 nitrogen and oxygen atoms in total. The van der Waals surface area contributed by atoms with Crippen molar-refractivity contribution in [1.29, 1.82) is 0 Å². The Balaban J connectivity index is 1.60. The minimum Gasteiger partial charge on any atom is -0.421 e. The molecule has 0 aliphatic heterocycles. The fraction of sp³-hybridized carbons (Fsp3) is 0.316. The first-order valence-electron chi connectivity index (χ1n) is 8.59. The molecule has 1 N–H and O–H groups in total.